The molecule has 0 spiro atoms. The Labute approximate surface area is 123 Å². The first kappa shape index (κ1) is 16.4. The quantitative estimate of drug-likeness (QED) is 0.330. The van der Waals surface area contributed by atoms with Gasteiger partial charge in [0.05, 0.1) is 7.11 Å². The van der Waals surface area contributed by atoms with Gasteiger partial charge in [-0.3, -0.25) is 4.79 Å². The molecule has 0 aliphatic carbocycles. The summed E-state index contributed by atoms with van der Waals surface area (Å²) in [7, 11) is 1.07. The molecule has 1 aromatic rings. The molecule has 1 aromatic heterocycles. The first-order chi connectivity index (χ1) is 9.14. The minimum Gasteiger partial charge on any atom is -0.469 e. The molecule has 11 heteroatoms. The standard InChI is InChI=1S/C9H6F3IN2O5/c1-19-6(16)3-4-2-5(20-9(10,11)12)7(13)8(14-4)15(17)18/h2H,3H2,1H3. The monoisotopic (exact) mass is 406 g/mol. The normalized spacial score (nSPS) is 11.1. The average Bonchev–Trinajstić information content (AvgIpc) is 2.30. The summed E-state index contributed by atoms with van der Waals surface area (Å²) in [6.45, 7) is 0. The first-order valence-corrected chi connectivity index (χ1v) is 5.88. The topological polar surface area (TPSA) is 91.6 Å². The summed E-state index contributed by atoms with van der Waals surface area (Å²) in [6, 6.07) is 0.805. The van der Waals surface area contributed by atoms with E-state index in [1.807, 2.05) is 0 Å². The van der Waals surface area contributed by atoms with Gasteiger partial charge in [-0.15, -0.1) is 13.2 Å². The van der Waals surface area contributed by atoms with Crippen LogP contribution >= 0.6 is 22.6 Å². The van der Waals surface area contributed by atoms with Gasteiger partial charge >= 0.3 is 18.1 Å². The molecule has 20 heavy (non-hydrogen) atoms. The van der Waals surface area contributed by atoms with E-state index in [9.17, 15) is 28.1 Å². The van der Waals surface area contributed by atoms with Crippen LogP contribution in [0.5, 0.6) is 5.75 Å². The molecular formula is C9H6F3IN2O5. The Balaban J connectivity index is 3.27. The number of pyridine rings is 1. The fraction of sp³-hybridized carbons (Fsp3) is 0.333. The second kappa shape index (κ2) is 6.19. The molecule has 0 saturated heterocycles. The van der Waals surface area contributed by atoms with Gasteiger partial charge in [0.1, 0.15) is 6.42 Å². The van der Waals surface area contributed by atoms with E-state index in [-0.39, 0.29) is 5.69 Å². The minimum absolute atomic E-state index is 0.261. The van der Waals surface area contributed by atoms with Crippen molar-refractivity contribution in [2.75, 3.05) is 7.11 Å². The Kier molecular flexibility index (Phi) is 5.08. The van der Waals surface area contributed by atoms with E-state index in [0.717, 1.165) is 13.2 Å². The number of carbonyl (C=O) groups is 1. The maximum atomic E-state index is 12.2. The SMILES string of the molecule is COC(=O)Cc1cc(OC(F)(F)F)c(I)c([N+](=O)[O-])n1. The van der Waals surface area contributed by atoms with Crippen molar-refractivity contribution in [3.63, 3.8) is 0 Å². The van der Waals surface area contributed by atoms with Crippen molar-refractivity contribution in [2.45, 2.75) is 12.8 Å². The number of carbonyl (C=O) groups excluding carboxylic acids is 1. The molecule has 110 valence electrons. The lowest BCUT2D eigenvalue weighted by Gasteiger charge is -2.10. The molecule has 0 radical (unpaired) electrons. The molecule has 0 N–H and O–H groups in total. The number of hydrogen-bond acceptors (Lipinski definition) is 6. The minimum atomic E-state index is -5.02. The Hall–Kier alpha value is -1.66. The highest BCUT2D eigenvalue weighted by Gasteiger charge is 2.34. The first-order valence-electron chi connectivity index (χ1n) is 4.80. The summed E-state index contributed by atoms with van der Waals surface area (Å²) in [5.74, 6) is -2.42. The number of hydrogen-bond donors (Lipinski definition) is 0. The highest BCUT2D eigenvalue weighted by Crippen LogP contribution is 2.33. The maximum absolute atomic E-state index is 12.2. The smallest absolute Gasteiger partial charge is 0.469 e. The average molecular weight is 406 g/mol. The van der Waals surface area contributed by atoms with Crippen molar-refractivity contribution in [3.05, 3.63) is 25.4 Å². The molecule has 0 atom stereocenters. The molecule has 0 amide bonds. The number of ether oxygens (including phenoxy) is 2. The molecule has 0 aliphatic heterocycles. The second-order valence-electron chi connectivity index (χ2n) is 3.31. The Bertz CT molecular complexity index is 549. The van der Waals surface area contributed by atoms with Crippen LogP contribution in [-0.4, -0.2) is 29.3 Å². The van der Waals surface area contributed by atoms with Crippen LogP contribution in [-0.2, 0) is 16.0 Å². The highest BCUT2D eigenvalue weighted by atomic mass is 127. The van der Waals surface area contributed by atoms with E-state index in [1.54, 1.807) is 0 Å². The zero-order chi connectivity index (χ0) is 15.5. The van der Waals surface area contributed by atoms with Crippen LogP contribution in [0.4, 0.5) is 19.0 Å². The Morgan fingerprint density at radius 1 is 1.55 bits per heavy atom. The highest BCUT2D eigenvalue weighted by molar-refractivity contribution is 14.1. The number of rotatable bonds is 4. The van der Waals surface area contributed by atoms with Crippen molar-refractivity contribution in [1.29, 1.82) is 0 Å². The molecule has 0 unspecified atom stereocenters. The zero-order valence-corrected chi connectivity index (χ0v) is 11.9. The Morgan fingerprint density at radius 3 is 2.60 bits per heavy atom. The van der Waals surface area contributed by atoms with Gasteiger partial charge in [-0.25, -0.2) is 0 Å². The number of nitrogens with zero attached hydrogens (tertiary/aromatic N) is 2. The van der Waals surface area contributed by atoms with Gasteiger partial charge in [-0.1, -0.05) is 0 Å². The summed E-state index contributed by atoms with van der Waals surface area (Å²) in [6.07, 6.45) is -5.53. The van der Waals surface area contributed by atoms with Crippen LogP contribution in [0.1, 0.15) is 5.69 Å². The van der Waals surface area contributed by atoms with Gasteiger partial charge in [-0.2, -0.15) is 0 Å². The largest absolute Gasteiger partial charge is 0.573 e. The summed E-state index contributed by atoms with van der Waals surface area (Å²) in [5, 5.41) is 10.7. The Morgan fingerprint density at radius 2 is 2.15 bits per heavy atom. The predicted molar refractivity (Wildman–Crippen MR) is 66.0 cm³/mol. The molecule has 0 bridgehead atoms. The molecule has 0 aliphatic rings. The summed E-state index contributed by atoms with van der Waals surface area (Å²) < 4.78 is 44.2. The van der Waals surface area contributed by atoms with Crippen molar-refractivity contribution < 1.29 is 32.4 Å². The number of methoxy groups -OCH3 is 1. The number of halogens is 4. The van der Waals surface area contributed by atoms with Crippen molar-refractivity contribution >= 4 is 34.4 Å². The lowest BCUT2D eigenvalue weighted by Crippen LogP contribution is -2.19. The van der Waals surface area contributed by atoms with Crippen LogP contribution in [0.3, 0.4) is 0 Å². The molecular weight excluding hydrogens is 400 g/mol. The lowest BCUT2D eigenvalue weighted by atomic mass is 10.2. The molecule has 7 nitrogen and oxygen atoms in total. The van der Waals surface area contributed by atoms with Gasteiger partial charge in [0, 0.05) is 6.07 Å². The fourth-order valence-electron chi connectivity index (χ4n) is 1.17. The third-order valence-corrected chi connectivity index (χ3v) is 2.93. The maximum Gasteiger partial charge on any atom is 0.573 e. The molecule has 0 saturated carbocycles. The van der Waals surface area contributed by atoms with E-state index < -0.39 is 38.8 Å². The lowest BCUT2D eigenvalue weighted by molar-refractivity contribution is -0.390. The number of alkyl halides is 3. The van der Waals surface area contributed by atoms with Crippen molar-refractivity contribution in [3.8, 4) is 5.75 Å². The molecule has 0 fully saturated rings. The second-order valence-corrected chi connectivity index (χ2v) is 4.39. The van der Waals surface area contributed by atoms with Crippen LogP contribution < -0.4 is 4.74 Å². The molecule has 0 aromatic carbocycles. The molecule has 1 rings (SSSR count). The third-order valence-electron chi connectivity index (χ3n) is 1.91. The number of aromatic nitrogens is 1. The van der Waals surface area contributed by atoms with Gasteiger partial charge in [0.2, 0.25) is 0 Å². The summed E-state index contributed by atoms with van der Waals surface area (Å²) >= 11 is 1.31. The summed E-state index contributed by atoms with van der Waals surface area (Å²) in [5.41, 5.74) is -0.261. The van der Waals surface area contributed by atoms with Crippen LogP contribution in [0.2, 0.25) is 0 Å². The van der Waals surface area contributed by atoms with Gasteiger partial charge in [0.25, 0.3) is 0 Å². The van der Waals surface area contributed by atoms with Crippen LogP contribution in [0.25, 0.3) is 0 Å². The zero-order valence-electron chi connectivity index (χ0n) is 9.73. The van der Waals surface area contributed by atoms with Crippen LogP contribution in [0, 0.1) is 13.7 Å². The van der Waals surface area contributed by atoms with E-state index in [0.29, 0.717) is 0 Å². The van der Waals surface area contributed by atoms with E-state index in [1.165, 1.54) is 22.6 Å². The van der Waals surface area contributed by atoms with Gasteiger partial charge < -0.3 is 19.6 Å². The summed E-state index contributed by atoms with van der Waals surface area (Å²) in [4.78, 5) is 24.3. The van der Waals surface area contributed by atoms with Crippen LogP contribution in [0.15, 0.2) is 6.07 Å². The number of esters is 1. The van der Waals surface area contributed by atoms with Crippen molar-refractivity contribution in [2.24, 2.45) is 0 Å². The number of nitro groups is 1. The van der Waals surface area contributed by atoms with E-state index in [4.69, 9.17) is 0 Å². The van der Waals surface area contributed by atoms with Gasteiger partial charge in [0.15, 0.2) is 15.0 Å². The van der Waals surface area contributed by atoms with E-state index >= 15 is 0 Å². The van der Waals surface area contributed by atoms with Gasteiger partial charge in [-0.05, 0) is 32.5 Å². The molecule has 1 heterocycles. The van der Waals surface area contributed by atoms with Crippen molar-refractivity contribution in [1.82, 2.24) is 4.98 Å². The van der Waals surface area contributed by atoms with E-state index in [2.05, 4.69) is 14.5 Å². The fourth-order valence-corrected chi connectivity index (χ4v) is 1.76. The predicted octanol–water partition coefficient (Wildman–Crippen LogP) is 2.21. The third kappa shape index (κ3) is 4.47.